The van der Waals surface area contributed by atoms with Crippen LogP contribution < -0.4 is 4.90 Å². The van der Waals surface area contributed by atoms with E-state index in [2.05, 4.69) is 95.9 Å². The molecule has 1 aliphatic rings. The van der Waals surface area contributed by atoms with E-state index in [9.17, 15) is 0 Å². The van der Waals surface area contributed by atoms with Crippen molar-refractivity contribution in [3.05, 3.63) is 103 Å². The third-order valence-electron chi connectivity index (χ3n) is 4.91. The second-order valence-electron chi connectivity index (χ2n) is 7.35. The predicted octanol–water partition coefficient (Wildman–Crippen LogP) is 9.36. The van der Waals surface area contributed by atoms with Crippen LogP contribution in [-0.2, 0) is 0 Å². The molecule has 0 amide bonds. The van der Waals surface area contributed by atoms with Crippen LogP contribution in [0.2, 0.25) is 0 Å². The second-order valence-corrected chi connectivity index (χ2v) is 12.4. The lowest BCUT2D eigenvalue weighted by atomic mass is 10.1. The summed E-state index contributed by atoms with van der Waals surface area (Å²) in [6, 6.07) is 33.9. The van der Waals surface area contributed by atoms with E-state index < -0.39 is 0 Å². The highest BCUT2D eigenvalue weighted by atomic mass is 32.3. The van der Waals surface area contributed by atoms with Crippen molar-refractivity contribution in [1.29, 1.82) is 10.5 Å². The Morgan fingerprint density at radius 3 is 1.57 bits per heavy atom. The van der Waals surface area contributed by atoms with Gasteiger partial charge in [0.15, 0.2) is 0 Å². The van der Waals surface area contributed by atoms with Crippen molar-refractivity contribution in [2.45, 2.75) is 12.8 Å². The van der Waals surface area contributed by atoms with Gasteiger partial charge in [-0.2, -0.15) is 10.5 Å². The predicted molar refractivity (Wildman–Crippen MR) is 157 cm³/mol. The molecule has 0 saturated heterocycles. The average molecular weight is 530 g/mol. The largest absolute Gasteiger partial charge is 0.311 e. The molecule has 0 aliphatic carbocycles. The van der Waals surface area contributed by atoms with E-state index in [4.69, 9.17) is 10.5 Å². The number of anilines is 3. The SMILES string of the molecule is N#CCCSC1=C(SCCC#N)SC(=Cc2ccc(N(c3ccccc3)c3ccccc3)cc2)S1. The van der Waals surface area contributed by atoms with E-state index in [-0.39, 0.29) is 0 Å². The molecule has 174 valence electrons. The van der Waals surface area contributed by atoms with E-state index in [0.717, 1.165) is 34.1 Å². The van der Waals surface area contributed by atoms with E-state index in [1.807, 2.05) is 12.1 Å². The lowest BCUT2D eigenvalue weighted by Gasteiger charge is -2.25. The van der Waals surface area contributed by atoms with Gasteiger partial charge in [0.2, 0.25) is 0 Å². The number of hydrogen-bond donors (Lipinski definition) is 0. The molecule has 35 heavy (non-hydrogen) atoms. The molecular weight excluding hydrogens is 507 g/mol. The van der Waals surface area contributed by atoms with Crippen molar-refractivity contribution < 1.29 is 0 Å². The average Bonchev–Trinajstić information content (AvgIpc) is 3.28. The van der Waals surface area contributed by atoms with Gasteiger partial charge in [-0.15, -0.1) is 23.5 Å². The van der Waals surface area contributed by atoms with E-state index in [0.29, 0.717) is 12.8 Å². The van der Waals surface area contributed by atoms with Crippen molar-refractivity contribution in [3.63, 3.8) is 0 Å². The van der Waals surface area contributed by atoms with Crippen LogP contribution >= 0.6 is 47.0 Å². The van der Waals surface area contributed by atoms with Crippen LogP contribution in [0.25, 0.3) is 6.08 Å². The zero-order valence-corrected chi connectivity index (χ0v) is 22.2. The van der Waals surface area contributed by atoms with Crippen molar-refractivity contribution in [1.82, 2.24) is 0 Å². The summed E-state index contributed by atoms with van der Waals surface area (Å²) >= 11 is 7.02. The standard InChI is InChI=1S/C28H23N3S4/c29-17-7-19-32-27-28(33-20-8-18-30)35-26(34-27)21-22-13-15-25(16-14-22)31(23-9-3-1-4-10-23)24-11-5-2-6-12-24/h1-6,9-16,21H,7-8,19-20H2. The molecule has 3 nitrogen and oxygen atoms in total. The molecule has 0 aromatic heterocycles. The molecule has 1 heterocycles. The molecule has 0 fully saturated rings. The topological polar surface area (TPSA) is 50.8 Å². The van der Waals surface area contributed by atoms with E-state index >= 15 is 0 Å². The molecule has 0 bridgehead atoms. The molecule has 3 aromatic rings. The number of nitrogens with zero attached hydrogens (tertiary/aromatic N) is 3. The first-order valence-corrected chi connectivity index (χ1v) is 14.7. The fourth-order valence-corrected chi connectivity index (χ4v) is 8.97. The summed E-state index contributed by atoms with van der Waals surface area (Å²) in [5, 5.41) is 17.8. The van der Waals surface area contributed by atoms with Crippen LogP contribution in [0.15, 0.2) is 97.6 Å². The minimum Gasteiger partial charge on any atom is -0.311 e. The lowest BCUT2D eigenvalue weighted by Crippen LogP contribution is -2.09. The van der Waals surface area contributed by atoms with Crippen LogP contribution in [0.5, 0.6) is 0 Å². The van der Waals surface area contributed by atoms with Crippen LogP contribution in [-0.4, -0.2) is 11.5 Å². The fourth-order valence-electron chi connectivity index (χ4n) is 3.36. The fraction of sp³-hybridized carbons (Fsp3) is 0.143. The molecule has 0 N–H and O–H groups in total. The highest BCUT2D eigenvalue weighted by Gasteiger charge is 2.22. The zero-order valence-electron chi connectivity index (χ0n) is 19.0. The second kappa shape index (κ2) is 13.4. The van der Waals surface area contributed by atoms with Crippen LogP contribution in [0.1, 0.15) is 18.4 Å². The molecule has 3 aromatic carbocycles. The Bertz CT molecular complexity index is 1180. The van der Waals surface area contributed by atoms with Gasteiger partial charge in [-0.1, -0.05) is 72.1 Å². The van der Waals surface area contributed by atoms with Gasteiger partial charge in [0.1, 0.15) is 0 Å². The highest BCUT2D eigenvalue weighted by molar-refractivity contribution is 8.40. The summed E-state index contributed by atoms with van der Waals surface area (Å²) in [7, 11) is 0. The Kier molecular flexibility index (Phi) is 9.74. The van der Waals surface area contributed by atoms with Gasteiger partial charge in [-0.3, -0.25) is 0 Å². The number of hydrogen-bond acceptors (Lipinski definition) is 7. The summed E-state index contributed by atoms with van der Waals surface area (Å²) < 4.78 is 3.71. The third kappa shape index (κ3) is 7.16. The molecule has 4 rings (SSSR count). The Labute approximate surface area is 224 Å². The minimum absolute atomic E-state index is 0.537. The van der Waals surface area contributed by atoms with Gasteiger partial charge in [-0.05, 0) is 48.0 Å². The minimum atomic E-state index is 0.537. The Morgan fingerprint density at radius 2 is 1.11 bits per heavy atom. The van der Waals surface area contributed by atoms with Crippen LogP contribution in [0.4, 0.5) is 17.1 Å². The first-order chi connectivity index (χ1) is 17.3. The maximum atomic E-state index is 8.89. The zero-order chi connectivity index (χ0) is 24.3. The van der Waals surface area contributed by atoms with Crippen LogP contribution in [0.3, 0.4) is 0 Å². The molecular formula is C28H23N3S4. The van der Waals surface area contributed by atoms with Crippen LogP contribution in [0, 0.1) is 22.7 Å². The highest BCUT2D eigenvalue weighted by Crippen LogP contribution is 2.57. The molecule has 0 radical (unpaired) electrons. The molecule has 0 unspecified atom stereocenters. The summed E-state index contributed by atoms with van der Waals surface area (Å²) in [5.41, 5.74) is 4.49. The summed E-state index contributed by atoms with van der Waals surface area (Å²) in [6.07, 6.45) is 3.29. The van der Waals surface area contributed by atoms with E-state index in [1.165, 1.54) is 12.7 Å². The Morgan fingerprint density at radius 1 is 0.657 bits per heavy atom. The Hall–Kier alpha value is -2.68. The van der Waals surface area contributed by atoms with E-state index in [1.54, 1.807) is 47.0 Å². The molecule has 1 aliphatic heterocycles. The van der Waals surface area contributed by atoms with Gasteiger partial charge in [-0.25, -0.2) is 0 Å². The smallest absolute Gasteiger partial charge is 0.0660 e. The maximum Gasteiger partial charge on any atom is 0.0660 e. The quantitative estimate of drug-likeness (QED) is 0.242. The van der Waals surface area contributed by atoms with Gasteiger partial charge in [0.05, 0.1) is 24.8 Å². The number of rotatable bonds is 10. The van der Waals surface area contributed by atoms with Crippen molar-refractivity contribution in [2.24, 2.45) is 0 Å². The van der Waals surface area contributed by atoms with Crippen molar-refractivity contribution in [3.8, 4) is 12.1 Å². The van der Waals surface area contributed by atoms with Gasteiger partial charge >= 0.3 is 0 Å². The number of benzene rings is 3. The first-order valence-electron chi connectivity index (χ1n) is 11.1. The van der Waals surface area contributed by atoms with Gasteiger partial charge < -0.3 is 4.90 Å². The van der Waals surface area contributed by atoms with Crippen molar-refractivity contribution >= 4 is 70.2 Å². The number of thioether (sulfide) groups is 4. The monoisotopic (exact) mass is 529 g/mol. The first kappa shape index (κ1) is 25.4. The maximum absolute atomic E-state index is 8.89. The summed E-state index contributed by atoms with van der Waals surface area (Å²) in [6.45, 7) is 0. The van der Waals surface area contributed by atoms with Crippen molar-refractivity contribution in [2.75, 3.05) is 16.4 Å². The lowest BCUT2D eigenvalue weighted by molar-refractivity contribution is 1.24. The molecule has 0 saturated carbocycles. The normalized spacial score (nSPS) is 12.8. The summed E-state index contributed by atoms with van der Waals surface area (Å²) in [4.78, 5) is 2.26. The molecule has 0 atom stereocenters. The number of para-hydroxylation sites is 2. The van der Waals surface area contributed by atoms with Gasteiger partial charge in [0, 0.05) is 41.4 Å². The molecule has 7 heteroatoms. The Balaban J connectivity index is 1.52. The van der Waals surface area contributed by atoms with Gasteiger partial charge in [0.25, 0.3) is 0 Å². The number of nitriles is 2. The molecule has 0 spiro atoms. The summed E-state index contributed by atoms with van der Waals surface area (Å²) in [5.74, 6) is 1.58. The third-order valence-corrected chi connectivity index (χ3v) is 10.3.